The molecule has 2 atom stereocenters. The molecule has 28 heavy (non-hydrogen) atoms. The lowest BCUT2D eigenvalue weighted by molar-refractivity contribution is -0.189. The van der Waals surface area contributed by atoms with Crippen LogP contribution in [0, 0.1) is 5.82 Å². The second-order valence-corrected chi connectivity index (χ2v) is 8.79. The summed E-state index contributed by atoms with van der Waals surface area (Å²) in [6.07, 6.45) is 2.13. The first kappa shape index (κ1) is 21.2. The summed E-state index contributed by atoms with van der Waals surface area (Å²) >= 11 is 0. The Labute approximate surface area is 166 Å². The van der Waals surface area contributed by atoms with Crippen molar-refractivity contribution in [1.82, 2.24) is 15.1 Å². The number of carbonyl (C=O) groups excluding carboxylic acids is 1. The van der Waals surface area contributed by atoms with Crippen molar-refractivity contribution < 1.29 is 19.0 Å². The fraction of sp³-hybridized carbons (Fsp3) is 0.667. The standard InChI is InChI=1S/C21H32FN3O3/c1-20(27)15-21(28-14-18(20)23-19(26)13-24(2)3)7-9-25(10-8-21)12-16-5-4-6-17(22)11-16/h4-6,11,18,27H,7-10,12-15H2,1-3H3,(H,23,26)/t18-,20-/m0/s1. The van der Waals surface area contributed by atoms with Crippen LogP contribution in [0.4, 0.5) is 4.39 Å². The van der Waals surface area contributed by atoms with Gasteiger partial charge in [-0.2, -0.15) is 0 Å². The molecule has 156 valence electrons. The number of benzene rings is 1. The number of piperidine rings is 1. The summed E-state index contributed by atoms with van der Waals surface area (Å²) in [4.78, 5) is 16.2. The highest BCUT2D eigenvalue weighted by molar-refractivity contribution is 5.78. The quantitative estimate of drug-likeness (QED) is 0.791. The van der Waals surface area contributed by atoms with E-state index >= 15 is 0 Å². The number of amides is 1. The van der Waals surface area contributed by atoms with Gasteiger partial charge in [0.25, 0.3) is 0 Å². The third kappa shape index (κ3) is 5.29. The maximum Gasteiger partial charge on any atom is 0.234 e. The maximum absolute atomic E-state index is 13.4. The molecular weight excluding hydrogens is 361 g/mol. The second-order valence-electron chi connectivity index (χ2n) is 8.79. The largest absolute Gasteiger partial charge is 0.388 e. The van der Waals surface area contributed by atoms with Gasteiger partial charge in [-0.25, -0.2) is 4.39 Å². The predicted molar refractivity (Wildman–Crippen MR) is 105 cm³/mol. The summed E-state index contributed by atoms with van der Waals surface area (Å²) in [5, 5.41) is 13.9. The smallest absolute Gasteiger partial charge is 0.234 e. The highest BCUT2D eigenvalue weighted by atomic mass is 19.1. The van der Waals surface area contributed by atoms with E-state index in [4.69, 9.17) is 4.74 Å². The van der Waals surface area contributed by atoms with Gasteiger partial charge in [0.1, 0.15) is 5.82 Å². The Morgan fingerprint density at radius 2 is 2.11 bits per heavy atom. The zero-order chi connectivity index (χ0) is 20.4. The van der Waals surface area contributed by atoms with Crippen LogP contribution in [0.25, 0.3) is 0 Å². The van der Waals surface area contributed by atoms with Gasteiger partial charge in [0, 0.05) is 26.1 Å². The highest BCUT2D eigenvalue weighted by Crippen LogP contribution is 2.39. The number of nitrogens with one attached hydrogen (secondary N) is 1. The first-order chi connectivity index (χ1) is 13.2. The Morgan fingerprint density at radius 1 is 1.39 bits per heavy atom. The molecule has 0 aliphatic carbocycles. The molecule has 2 saturated heterocycles. The van der Waals surface area contributed by atoms with E-state index in [0.717, 1.165) is 31.5 Å². The minimum atomic E-state index is -1.01. The van der Waals surface area contributed by atoms with Crippen LogP contribution >= 0.6 is 0 Å². The van der Waals surface area contributed by atoms with E-state index in [9.17, 15) is 14.3 Å². The highest BCUT2D eigenvalue weighted by Gasteiger charge is 2.49. The molecule has 2 N–H and O–H groups in total. The summed E-state index contributed by atoms with van der Waals surface area (Å²) in [6.45, 7) is 4.78. The zero-order valence-corrected chi connectivity index (χ0v) is 17.1. The Balaban J connectivity index is 1.54. The molecule has 0 saturated carbocycles. The van der Waals surface area contributed by atoms with Gasteiger partial charge in [-0.15, -0.1) is 0 Å². The molecule has 0 radical (unpaired) electrons. The van der Waals surface area contributed by atoms with Crippen molar-refractivity contribution in [2.45, 2.75) is 50.0 Å². The fourth-order valence-electron chi connectivity index (χ4n) is 4.32. The molecule has 0 unspecified atom stereocenters. The van der Waals surface area contributed by atoms with Crippen molar-refractivity contribution in [2.24, 2.45) is 0 Å². The predicted octanol–water partition coefficient (Wildman–Crippen LogP) is 1.38. The Morgan fingerprint density at radius 3 is 2.71 bits per heavy atom. The topological polar surface area (TPSA) is 65.0 Å². The number of hydrogen-bond acceptors (Lipinski definition) is 5. The summed E-state index contributed by atoms with van der Waals surface area (Å²) in [6, 6.07) is 6.31. The molecule has 2 aliphatic heterocycles. The molecule has 0 bridgehead atoms. The molecule has 1 aromatic rings. The van der Waals surface area contributed by atoms with Crippen molar-refractivity contribution in [3.05, 3.63) is 35.6 Å². The molecule has 6 nitrogen and oxygen atoms in total. The molecule has 2 heterocycles. The number of likely N-dealkylation sites (N-methyl/N-ethyl adjacent to an activating group) is 1. The van der Waals surface area contributed by atoms with Gasteiger partial charge in [0.15, 0.2) is 0 Å². The van der Waals surface area contributed by atoms with Gasteiger partial charge in [-0.1, -0.05) is 12.1 Å². The van der Waals surface area contributed by atoms with Crippen LogP contribution in [0.3, 0.4) is 0 Å². The van der Waals surface area contributed by atoms with Crippen LogP contribution < -0.4 is 5.32 Å². The van der Waals surface area contributed by atoms with Crippen molar-refractivity contribution in [3.8, 4) is 0 Å². The normalized spacial score (nSPS) is 27.9. The van der Waals surface area contributed by atoms with Crippen molar-refractivity contribution in [1.29, 1.82) is 0 Å². The van der Waals surface area contributed by atoms with Gasteiger partial charge in [-0.05, 0) is 51.6 Å². The van der Waals surface area contributed by atoms with Gasteiger partial charge in [-0.3, -0.25) is 9.69 Å². The lowest BCUT2D eigenvalue weighted by Crippen LogP contribution is -2.64. The zero-order valence-electron chi connectivity index (χ0n) is 17.1. The van der Waals surface area contributed by atoms with E-state index in [1.54, 1.807) is 24.0 Å². The minimum absolute atomic E-state index is 0.111. The van der Waals surface area contributed by atoms with E-state index in [0.29, 0.717) is 19.6 Å². The molecular formula is C21H32FN3O3. The minimum Gasteiger partial charge on any atom is -0.388 e. The maximum atomic E-state index is 13.4. The van der Waals surface area contributed by atoms with Crippen LogP contribution in [0.5, 0.6) is 0 Å². The number of nitrogens with zero attached hydrogens (tertiary/aromatic N) is 2. The van der Waals surface area contributed by atoms with E-state index < -0.39 is 11.6 Å². The average molecular weight is 394 g/mol. The molecule has 2 fully saturated rings. The van der Waals surface area contributed by atoms with Crippen LogP contribution in [-0.4, -0.2) is 78.4 Å². The number of likely N-dealkylation sites (tertiary alicyclic amines) is 1. The third-order valence-corrected chi connectivity index (χ3v) is 5.84. The molecule has 1 spiro atoms. The number of aliphatic hydroxyl groups is 1. The Bertz CT molecular complexity index is 687. The third-order valence-electron chi connectivity index (χ3n) is 5.84. The molecule has 7 heteroatoms. The lowest BCUT2D eigenvalue weighted by Gasteiger charge is -2.51. The van der Waals surface area contributed by atoms with Crippen LogP contribution in [-0.2, 0) is 16.1 Å². The first-order valence-corrected chi connectivity index (χ1v) is 9.95. The van der Waals surface area contributed by atoms with Crippen LogP contribution in [0.15, 0.2) is 24.3 Å². The Hall–Kier alpha value is -1.54. The molecule has 0 aromatic heterocycles. The summed E-state index contributed by atoms with van der Waals surface area (Å²) in [5.41, 5.74) is -0.397. The SMILES string of the molecule is CN(C)CC(=O)N[C@H]1COC2(CCN(Cc3cccc(F)c3)CC2)C[C@]1(C)O. The van der Waals surface area contributed by atoms with Gasteiger partial charge in [0.2, 0.25) is 5.91 Å². The summed E-state index contributed by atoms with van der Waals surface area (Å²) in [5.74, 6) is -0.320. The monoisotopic (exact) mass is 393 g/mol. The second kappa shape index (κ2) is 8.45. The van der Waals surface area contributed by atoms with Crippen molar-refractivity contribution in [3.63, 3.8) is 0 Å². The number of carbonyl (C=O) groups is 1. The summed E-state index contributed by atoms with van der Waals surface area (Å²) < 4.78 is 19.6. The van der Waals surface area contributed by atoms with Crippen molar-refractivity contribution in [2.75, 3.05) is 40.3 Å². The molecule has 1 aromatic carbocycles. The lowest BCUT2D eigenvalue weighted by atomic mass is 9.75. The van der Waals surface area contributed by atoms with Crippen LogP contribution in [0.2, 0.25) is 0 Å². The van der Waals surface area contributed by atoms with E-state index in [2.05, 4.69) is 10.2 Å². The van der Waals surface area contributed by atoms with Gasteiger partial charge in [0.05, 0.1) is 30.4 Å². The molecule has 1 amide bonds. The van der Waals surface area contributed by atoms with Gasteiger partial charge < -0.3 is 20.1 Å². The van der Waals surface area contributed by atoms with E-state index in [1.165, 1.54) is 6.07 Å². The van der Waals surface area contributed by atoms with Gasteiger partial charge >= 0.3 is 0 Å². The molecule has 3 rings (SSSR count). The average Bonchev–Trinajstić information content (AvgIpc) is 2.59. The molecule has 2 aliphatic rings. The number of ether oxygens (including phenoxy) is 1. The fourth-order valence-corrected chi connectivity index (χ4v) is 4.32. The van der Waals surface area contributed by atoms with E-state index in [-0.39, 0.29) is 23.9 Å². The van der Waals surface area contributed by atoms with E-state index in [1.807, 2.05) is 20.2 Å². The number of rotatable bonds is 5. The first-order valence-electron chi connectivity index (χ1n) is 9.95. The number of hydrogen-bond donors (Lipinski definition) is 2. The van der Waals surface area contributed by atoms with Crippen LogP contribution in [0.1, 0.15) is 31.7 Å². The number of halogens is 1. The Kier molecular flexibility index (Phi) is 6.39. The van der Waals surface area contributed by atoms with Crippen molar-refractivity contribution >= 4 is 5.91 Å². The summed E-state index contributed by atoms with van der Waals surface area (Å²) in [7, 11) is 3.67.